The zero-order valence-electron chi connectivity index (χ0n) is 22.0. The number of fused-ring (bicyclic) bond motifs is 1. The number of unbranched alkanes of at least 4 members (excludes halogenated alkanes) is 2. The Morgan fingerprint density at radius 3 is 2.59 bits per heavy atom. The Bertz CT molecular complexity index is 1560. The minimum atomic E-state index is -0.928. The maximum absolute atomic E-state index is 13.5. The molecule has 39 heavy (non-hydrogen) atoms. The lowest BCUT2D eigenvalue weighted by atomic mass is 9.95. The molecule has 1 aliphatic heterocycles. The Kier molecular flexibility index (Phi) is 7.60. The van der Waals surface area contributed by atoms with Gasteiger partial charge in [0, 0.05) is 18.0 Å². The molecule has 2 aromatic carbocycles. The van der Waals surface area contributed by atoms with Crippen molar-refractivity contribution in [1.82, 2.24) is 9.97 Å². The summed E-state index contributed by atoms with van der Waals surface area (Å²) in [4.78, 5) is 37.1. The number of methoxy groups -OCH3 is 1. The second-order valence-corrected chi connectivity index (χ2v) is 10.3. The molecule has 0 spiro atoms. The standard InChI is InChI=1S/C30H29N3O5S/c1-4-5-6-15-38-22-10-8-20(17-23(22)37-3)26-25(27(34)19-11-13-31-14-12-19)28(35)29(36)33(26)30-32-21-9-7-18(2)16-24(21)39-30/h7-14,16-17,26,34H,4-6,15H2,1-3H3/b27-25+. The van der Waals surface area contributed by atoms with Crippen molar-refractivity contribution in [2.45, 2.75) is 39.2 Å². The molecule has 9 heteroatoms. The average molecular weight is 544 g/mol. The first-order valence-electron chi connectivity index (χ1n) is 12.8. The molecule has 1 amide bonds. The summed E-state index contributed by atoms with van der Waals surface area (Å²) in [5.41, 5.74) is 2.73. The van der Waals surface area contributed by atoms with Crippen molar-refractivity contribution in [3.05, 3.63) is 83.2 Å². The number of hydrogen-bond donors (Lipinski definition) is 1. The average Bonchev–Trinajstić information content (AvgIpc) is 3.48. The number of thiazole rings is 1. The molecule has 1 saturated heterocycles. The smallest absolute Gasteiger partial charge is 0.301 e. The molecule has 1 N–H and O–H groups in total. The third-order valence-corrected chi connectivity index (χ3v) is 7.66. The Labute approximate surface area is 230 Å². The van der Waals surface area contributed by atoms with Crippen LogP contribution >= 0.6 is 11.3 Å². The van der Waals surface area contributed by atoms with Crippen LogP contribution in [0.1, 0.15) is 48.9 Å². The van der Waals surface area contributed by atoms with E-state index in [0.717, 1.165) is 35.0 Å². The Morgan fingerprint density at radius 1 is 1.05 bits per heavy atom. The number of carbonyl (C=O) groups excluding carboxylic acids is 2. The van der Waals surface area contributed by atoms with E-state index < -0.39 is 17.7 Å². The number of hydrogen-bond acceptors (Lipinski definition) is 8. The van der Waals surface area contributed by atoms with Gasteiger partial charge in [0.25, 0.3) is 5.78 Å². The van der Waals surface area contributed by atoms with Crippen molar-refractivity contribution in [3.63, 3.8) is 0 Å². The van der Waals surface area contributed by atoms with Crippen molar-refractivity contribution in [1.29, 1.82) is 0 Å². The molecule has 1 aliphatic rings. The van der Waals surface area contributed by atoms with Crippen LogP contribution in [0.4, 0.5) is 5.13 Å². The molecule has 200 valence electrons. The summed E-state index contributed by atoms with van der Waals surface area (Å²) in [6.45, 7) is 4.66. The van der Waals surface area contributed by atoms with Crippen LogP contribution in [0.3, 0.4) is 0 Å². The van der Waals surface area contributed by atoms with Crippen molar-refractivity contribution < 1.29 is 24.2 Å². The van der Waals surface area contributed by atoms with E-state index in [1.807, 2.05) is 25.1 Å². The van der Waals surface area contributed by atoms with Gasteiger partial charge in [-0.3, -0.25) is 19.5 Å². The molecule has 8 nitrogen and oxygen atoms in total. The number of ether oxygens (including phenoxy) is 2. The fourth-order valence-electron chi connectivity index (χ4n) is 4.64. The second-order valence-electron chi connectivity index (χ2n) is 9.34. The third-order valence-electron chi connectivity index (χ3n) is 6.65. The van der Waals surface area contributed by atoms with Gasteiger partial charge in [-0.2, -0.15) is 0 Å². The molecule has 5 rings (SSSR count). The summed E-state index contributed by atoms with van der Waals surface area (Å²) in [6, 6.07) is 13.4. The minimum Gasteiger partial charge on any atom is -0.507 e. The lowest BCUT2D eigenvalue weighted by Crippen LogP contribution is -2.29. The van der Waals surface area contributed by atoms with Gasteiger partial charge < -0.3 is 14.6 Å². The predicted octanol–water partition coefficient (Wildman–Crippen LogP) is 6.20. The number of aliphatic hydroxyl groups is 1. The van der Waals surface area contributed by atoms with Crippen molar-refractivity contribution >= 4 is 44.1 Å². The lowest BCUT2D eigenvalue weighted by Gasteiger charge is -2.24. The number of Topliss-reactive ketones (excluding diaryl/α,β-unsaturated/α-hetero) is 1. The first kappa shape index (κ1) is 26.4. The lowest BCUT2D eigenvalue weighted by molar-refractivity contribution is -0.132. The summed E-state index contributed by atoms with van der Waals surface area (Å²) in [5.74, 6) is -0.787. The van der Waals surface area contributed by atoms with E-state index in [2.05, 4.69) is 16.9 Å². The molecule has 0 radical (unpaired) electrons. The fourth-order valence-corrected chi connectivity index (χ4v) is 5.73. The number of benzene rings is 2. The molecule has 3 heterocycles. The molecule has 1 unspecified atom stereocenters. The number of pyridine rings is 1. The van der Waals surface area contributed by atoms with Crippen LogP contribution in [0.2, 0.25) is 0 Å². The number of anilines is 1. The number of aliphatic hydroxyl groups excluding tert-OH is 1. The number of carbonyl (C=O) groups is 2. The Morgan fingerprint density at radius 2 is 1.85 bits per heavy atom. The van der Waals surface area contributed by atoms with Gasteiger partial charge in [0.05, 0.1) is 35.5 Å². The van der Waals surface area contributed by atoms with E-state index in [4.69, 9.17) is 9.47 Å². The van der Waals surface area contributed by atoms with Gasteiger partial charge >= 0.3 is 5.91 Å². The molecule has 1 atom stereocenters. The number of nitrogens with zero attached hydrogens (tertiary/aromatic N) is 3. The van der Waals surface area contributed by atoms with Crippen molar-refractivity contribution in [2.24, 2.45) is 0 Å². The van der Waals surface area contributed by atoms with Gasteiger partial charge in [0.2, 0.25) is 0 Å². The van der Waals surface area contributed by atoms with E-state index in [1.54, 1.807) is 37.4 Å². The fraction of sp³-hybridized carbons (Fsp3) is 0.267. The van der Waals surface area contributed by atoms with Gasteiger partial charge in [0.1, 0.15) is 5.76 Å². The van der Waals surface area contributed by atoms with E-state index in [9.17, 15) is 14.7 Å². The van der Waals surface area contributed by atoms with E-state index in [1.165, 1.54) is 28.6 Å². The number of ketones is 1. The quantitative estimate of drug-likeness (QED) is 0.116. The van der Waals surface area contributed by atoms with E-state index in [0.29, 0.717) is 34.4 Å². The normalized spacial score (nSPS) is 16.7. The van der Waals surface area contributed by atoms with E-state index >= 15 is 0 Å². The van der Waals surface area contributed by atoms with Crippen molar-refractivity contribution in [3.8, 4) is 11.5 Å². The maximum atomic E-state index is 13.5. The highest BCUT2D eigenvalue weighted by Gasteiger charge is 2.48. The van der Waals surface area contributed by atoms with Gasteiger partial charge in [-0.25, -0.2) is 4.98 Å². The molecule has 0 saturated carbocycles. The van der Waals surface area contributed by atoms with Crippen LogP contribution in [0, 0.1) is 6.92 Å². The molecular formula is C30H29N3O5S. The summed E-state index contributed by atoms with van der Waals surface area (Å²) >= 11 is 1.32. The Hall–Kier alpha value is -4.24. The van der Waals surface area contributed by atoms with Gasteiger partial charge in [-0.05, 0) is 60.9 Å². The molecule has 0 bridgehead atoms. The van der Waals surface area contributed by atoms with Crippen LogP contribution in [0.25, 0.3) is 16.0 Å². The monoisotopic (exact) mass is 543 g/mol. The first-order valence-corrected chi connectivity index (χ1v) is 13.6. The zero-order chi connectivity index (χ0) is 27.5. The van der Waals surface area contributed by atoms with Gasteiger partial charge in [-0.15, -0.1) is 0 Å². The van der Waals surface area contributed by atoms with Crippen LogP contribution in [0.15, 0.2) is 66.5 Å². The third kappa shape index (κ3) is 5.09. The number of amides is 1. The van der Waals surface area contributed by atoms with Gasteiger partial charge in [0.15, 0.2) is 16.6 Å². The molecule has 2 aromatic heterocycles. The highest BCUT2D eigenvalue weighted by molar-refractivity contribution is 7.22. The van der Waals surface area contributed by atoms with Crippen LogP contribution in [0.5, 0.6) is 11.5 Å². The van der Waals surface area contributed by atoms with Crippen LogP contribution in [-0.2, 0) is 9.59 Å². The highest BCUT2D eigenvalue weighted by atomic mass is 32.1. The molecule has 1 fully saturated rings. The number of rotatable bonds is 9. The summed E-state index contributed by atoms with van der Waals surface area (Å²) in [7, 11) is 1.54. The Balaban J connectivity index is 1.65. The predicted molar refractivity (Wildman–Crippen MR) is 151 cm³/mol. The molecule has 4 aromatic rings. The number of aryl methyl sites for hydroxylation is 1. The minimum absolute atomic E-state index is 0.0275. The molecule has 0 aliphatic carbocycles. The maximum Gasteiger partial charge on any atom is 0.301 e. The number of aromatic nitrogens is 2. The summed E-state index contributed by atoms with van der Waals surface area (Å²) in [6.07, 6.45) is 6.10. The van der Waals surface area contributed by atoms with Crippen molar-refractivity contribution in [2.75, 3.05) is 18.6 Å². The van der Waals surface area contributed by atoms with Crippen LogP contribution in [-0.4, -0.2) is 40.5 Å². The van der Waals surface area contributed by atoms with Crippen LogP contribution < -0.4 is 14.4 Å². The summed E-state index contributed by atoms with van der Waals surface area (Å²) < 4.78 is 12.5. The van der Waals surface area contributed by atoms with Gasteiger partial charge in [-0.1, -0.05) is 43.2 Å². The second kappa shape index (κ2) is 11.2. The van der Waals surface area contributed by atoms with E-state index in [-0.39, 0.29) is 11.3 Å². The first-order chi connectivity index (χ1) is 18.9. The topological polar surface area (TPSA) is 102 Å². The molecular weight excluding hydrogens is 514 g/mol. The summed E-state index contributed by atoms with van der Waals surface area (Å²) in [5, 5.41) is 11.7. The zero-order valence-corrected chi connectivity index (χ0v) is 22.8. The largest absolute Gasteiger partial charge is 0.507 e. The highest BCUT2D eigenvalue weighted by Crippen LogP contribution is 2.45. The SMILES string of the molecule is CCCCCOc1ccc(C2/C(=C(\O)c3ccncc3)C(=O)C(=O)N2c2nc3ccc(C)cc3s2)cc1OC.